The Bertz CT molecular complexity index is 760. The van der Waals surface area contributed by atoms with Crippen LogP contribution in [0.4, 0.5) is 5.69 Å². The van der Waals surface area contributed by atoms with Gasteiger partial charge >= 0.3 is 0 Å². The molecule has 2 aromatic carbocycles. The summed E-state index contributed by atoms with van der Waals surface area (Å²) in [6, 6.07) is 14.0. The van der Waals surface area contributed by atoms with Gasteiger partial charge in [-0.1, -0.05) is 23.7 Å². The standard InChI is InChI=1S/C18H18ClN3O3/c1-25-16-7-5-15(6-8-16)21-17(23)9-10-18(24)22-20-12-13-3-2-4-14(19)11-13/h2-8,11-12H,9-10H2,1H3,(H,21,23)(H,22,24)/b20-12+. The largest absolute Gasteiger partial charge is 0.497 e. The first-order valence-electron chi connectivity index (χ1n) is 7.58. The van der Waals surface area contributed by atoms with Gasteiger partial charge in [0, 0.05) is 23.6 Å². The maximum atomic E-state index is 11.8. The zero-order valence-electron chi connectivity index (χ0n) is 13.7. The molecule has 25 heavy (non-hydrogen) atoms. The second kappa shape index (κ2) is 9.44. The smallest absolute Gasteiger partial charge is 0.240 e. The Labute approximate surface area is 150 Å². The van der Waals surface area contributed by atoms with Crippen molar-refractivity contribution in [3.63, 3.8) is 0 Å². The zero-order valence-corrected chi connectivity index (χ0v) is 14.4. The molecule has 2 rings (SSSR count). The summed E-state index contributed by atoms with van der Waals surface area (Å²) in [5.41, 5.74) is 3.79. The number of ether oxygens (including phenoxy) is 1. The minimum absolute atomic E-state index is 0.0366. The minimum Gasteiger partial charge on any atom is -0.497 e. The maximum Gasteiger partial charge on any atom is 0.240 e. The van der Waals surface area contributed by atoms with E-state index in [1.54, 1.807) is 49.6 Å². The normalized spacial score (nSPS) is 10.5. The molecule has 0 atom stereocenters. The molecule has 0 saturated carbocycles. The summed E-state index contributed by atoms with van der Waals surface area (Å²) in [6.07, 6.45) is 1.58. The SMILES string of the molecule is COc1ccc(NC(=O)CCC(=O)N/N=C/c2cccc(Cl)c2)cc1. The van der Waals surface area contributed by atoms with E-state index in [0.717, 1.165) is 5.56 Å². The monoisotopic (exact) mass is 359 g/mol. The van der Waals surface area contributed by atoms with Gasteiger partial charge in [0.05, 0.1) is 13.3 Å². The molecule has 0 aromatic heterocycles. The lowest BCUT2D eigenvalue weighted by Gasteiger charge is -2.06. The Balaban J connectivity index is 1.72. The molecule has 0 aliphatic carbocycles. The predicted octanol–water partition coefficient (Wildman–Crippen LogP) is 3.22. The lowest BCUT2D eigenvalue weighted by Crippen LogP contribution is -2.20. The van der Waals surface area contributed by atoms with E-state index < -0.39 is 0 Å². The molecule has 0 unspecified atom stereocenters. The Morgan fingerprint density at radius 2 is 1.84 bits per heavy atom. The predicted molar refractivity (Wildman–Crippen MR) is 98.0 cm³/mol. The van der Waals surface area contributed by atoms with Crippen molar-refractivity contribution in [1.82, 2.24) is 5.43 Å². The molecule has 0 aliphatic rings. The summed E-state index contributed by atoms with van der Waals surface area (Å²) < 4.78 is 5.04. The highest BCUT2D eigenvalue weighted by Crippen LogP contribution is 2.15. The first kappa shape index (κ1) is 18.5. The molecule has 0 fully saturated rings. The van der Waals surface area contributed by atoms with Crippen molar-refractivity contribution >= 4 is 35.3 Å². The fraction of sp³-hybridized carbons (Fsp3) is 0.167. The van der Waals surface area contributed by atoms with Crippen molar-refractivity contribution in [3.8, 4) is 5.75 Å². The summed E-state index contributed by atoms with van der Waals surface area (Å²) in [5, 5.41) is 7.13. The highest BCUT2D eigenvalue weighted by Gasteiger charge is 2.07. The van der Waals surface area contributed by atoms with E-state index in [2.05, 4.69) is 15.8 Å². The average Bonchev–Trinajstić information content (AvgIpc) is 2.61. The molecule has 0 aliphatic heterocycles. The van der Waals surface area contributed by atoms with Crippen LogP contribution in [0.2, 0.25) is 5.02 Å². The van der Waals surface area contributed by atoms with E-state index in [0.29, 0.717) is 16.5 Å². The Morgan fingerprint density at radius 3 is 2.52 bits per heavy atom. The molecule has 0 radical (unpaired) electrons. The van der Waals surface area contributed by atoms with Crippen LogP contribution in [0.15, 0.2) is 53.6 Å². The number of benzene rings is 2. The number of anilines is 1. The molecule has 0 heterocycles. The van der Waals surface area contributed by atoms with Gasteiger partial charge in [0.25, 0.3) is 0 Å². The minimum atomic E-state index is -0.344. The lowest BCUT2D eigenvalue weighted by atomic mass is 10.2. The third-order valence-corrected chi connectivity index (χ3v) is 3.44. The maximum absolute atomic E-state index is 11.8. The van der Waals surface area contributed by atoms with Gasteiger partial charge in [-0.15, -0.1) is 0 Å². The fourth-order valence-electron chi connectivity index (χ4n) is 1.95. The third-order valence-electron chi connectivity index (χ3n) is 3.20. The summed E-state index contributed by atoms with van der Waals surface area (Å²) >= 11 is 5.85. The van der Waals surface area contributed by atoms with Crippen molar-refractivity contribution in [3.05, 3.63) is 59.1 Å². The van der Waals surface area contributed by atoms with Gasteiger partial charge in [-0.25, -0.2) is 5.43 Å². The van der Waals surface area contributed by atoms with Crippen LogP contribution < -0.4 is 15.5 Å². The van der Waals surface area contributed by atoms with Crippen LogP contribution >= 0.6 is 11.6 Å². The number of halogens is 1. The van der Waals surface area contributed by atoms with Gasteiger partial charge < -0.3 is 10.1 Å². The second-order valence-electron chi connectivity index (χ2n) is 5.12. The van der Waals surface area contributed by atoms with Crippen LogP contribution in [-0.2, 0) is 9.59 Å². The first-order valence-corrected chi connectivity index (χ1v) is 7.96. The molecule has 0 spiro atoms. The number of amides is 2. The molecule has 7 heteroatoms. The topological polar surface area (TPSA) is 79.8 Å². The van der Waals surface area contributed by atoms with Gasteiger partial charge in [0.15, 0.2) is 0 Å². The van der Waals surface area contributed by atoms with Crippen molar-refractivity contribution < 1.29 is 14.3 Å². The molecule has 130 valence electrons. The molecule has 6 nitrogen and oxygen atoms in total. The molecule has 2 aromatic rings. The first-order chi connectivity index (χ1) is 12.1. The van der Waals surface area contributed by atoms with Crippen LogP contribution in [0.1, 0.15) is 18.4 Å². The second-order valence-corrected chi connectivity index (χ2v) is 5.56. The Hall–Kier alpha value is -2.86. The van der Waals surface area contributed by atoms with Crippen LogP contribution in [-0.4, -0.2) is 25.1 Å². The number of carbonyl (C=O) groups is 2. The Morgan fingerprint density at radius 1 is 1.12 bits per heavy atom. The van der Waals surface area contributed by atoms with Crippen molar-refractivity contribution in [1.29, 1.82) is 0 Å². The number of methoxy groups -OCH3 is 1. The fourth-order valence-corrected chi connectivity index (χ4v) is 2.15. The molecule has 0 saturated heterocycles. The van der Waals surface area contributed by atoms with Crippen molar-refractivity contribution in [2.24, 2.45) is 5.10 Å². The number of rotatable bonds is 7. The van der Waals surface area contributed by atoms with Gasteiger partial charge in [-0.05, 0) is 42.0 Å². The van der Waals surface area contributed by atoms with Crippen LogP contribution in [0, 0.1) is 0 Å². The van der Waals surface area contributed by atoms with Crippen molar-refractivity contribution in [2.45, 2.75) is 12.8 Å². The van der Waals surface area contributed by atoms with Crippen LogP contribution in [0.5, 0.6) is 5.75 Å². The van der Waals surface area contributed by atoms with Gasteiger partial charge in [0.1, 0.15) is 5.75 Å². The molecule has 0 bridgehead atoms. The van der Waals surface area contributed by atoms with Crippen molar-refractivity contribution in [2.75, 3.05) is 12.4 Å². The summed E-state index contributed by atoms with van der Waals surface area (Å²) in [5.74, 6) is 0.109. The number of carbonyl (C=O) groups excluding carboxylic acids is 2. The zero-order chi connectivity index (χ0) is 18.1. The lowest BCUT2D eigenvalue weighted by molar-refractivity contribution is -0.124. The molecule has 2 amide bonds. The van der Waals surface area contributed by atoms with Crippen LogP contribution in [0.25, 0.3) is 0 Å². The van der Waals surface area contributed by atoms with E-state index in [1.807, 2.05) is 6.07 Å². The van der Waals surface area contributed by atoms with E-state index in [4.69, 9.17) is 16.3 Å². The Kier molecular flexibility index (Phi) is 6.98. The number of nitrogens with one attached hydrogen (secondary N) is 2. The number of hydrogen-bond donors (Lipinski definition) is 2. The van der Waals surface area contributed by atoms with Gasteiger partial charge in [0.2, 0.25) is 11.8 Å². The number of hydrazone groups is 1. The number of hydrogen-bond acceptors (Lipinski definition) is 4. The third kappa shape index (κ3) is 6.64. The quantitative estimate of drug-likeness (QED) is 0.588. The van der Waals surface area contributed by atoms with E-state index in [1.165, 1.54) is 6.21 Å². The average molecular weight is 360 g/mol. The summed E-state index contributed by atoms with van der Waals surface area (Å²) in [6.45, 7) is 0. The summed E-state index contributed by atoms with van der Waals surface area (Å²) in [4.78, 5) is 23.5. The summed E-state index contributed by atoms with van der Waals surface area (Å²) in [7, 11) is 1.57. The van der Waals surface area contributed by atoms with Gasteiger partial charge in [-0.3, -0.25) is 9.59 Å². The molecule has 2 N–H and O–H groups in total. The molecular formula is C18H18ClN3O3. The van der Waals surface area contributed by atoms with E-state index in [9.17, 15) is 9.59 Å². The van der Waals surface area contributed by atoms with Gasteiger partial charge in [-0.2, -0.15) is 5.10 Å². The van der Waals surface area contributed by atoms with E-state index in [-0.39, 0.29) is 24.7 Å². The van der Waals surface area contributed by atoms with Crippen LogP contribution in [0.3, 0.4) is 0 Å². The van der Waals surface area contributed by atoms with E-state index >= 15 is 0 Å². The molecular weight excluding hydrogens is 342 g/mol. The highest BCUT2D eigenvalue weighted by atomic mass is 35.5. The number of nitrogens with zero attached hydrogens (tertiary/aromatic N) is 1. The highest BCUT2D eigenvalue weighted by molar-refractivity contribution is 6.30.